The Morgan fingerprint density at radius 3 is 2.43 bits per heavy atom. The summed E-state index contributed by atoms with van der Waals surface area (Å²) in [4.78, 5) is 12.4. The van der Waals surface area contributed by atoms with Crippen LogP contribution < -0.4 is 5.32 Å². The van der Waals surface area contributed by atoms with E-state index >= 15 is 0 Å². The fourth-order valence-corrected chi connectivity index (χ4v) is 3.27. The van der Waals surface area contributed by atoms with E-state index in [1.54, 1.807) is 0 Å². The molecule has 1 aromatic heterocycles. The third-order valence-corrected chi connectivity index (χ3v) is 4.41. The molecule has 0 unspecified atom stereocenters. The lowest BCUT2D eigenvalue weighted by Gasteiger charge is -2.27. The maximum absolute atomic E-state index is 12.4. The number of nitrogens with one attached hydrogen (secondary N) is 1. The topological polar surface area (TPSA) is 56.2 Å². The second-order valence-electron chi connectivity index (χ2n) is 7.24. The minimum Gasteiger partial charge on any atom is -0.367 e. The van der Waals surface area contributed by atoms with Gasteiger partial charge < -0.3 is 10.1 Å². The zero-order valence-corrected chi connectivity index (χ0v) is 14.2. The van der Waals surface area contributed by atoms with Gasteiger partial charge in [-0.3, -0.25) is 9.48 Å². The fourth-order valence-electron chi connectivity index (χ4n) is 3.27. The number of hydrogen-bond donors (Lipinski definition) is 1. The van der Waals surface area contributed by atoms with Gasteiger partial charge in [0.15, 0.2) is 0 Å². The number of amides is 1. The van der Waals surface area contributed by atoms with Crippen molar-refractivity contribution < 1.29 is 9.53 Å². The predicted octanol–water partition coefficient (Wildman–Crippen LogP) is 2.04. The number of hydrogen-bond acceptors (Lipinski definition) is 3. The van der Waals surface area contributed by atoms with Crippen LogP contribution in [0.4, 0.5) is 0 Å². The third-order valence-electron chi connectivity index (χ3n) is 4.41. The summed E-state index contributed by atoms with van der Waals surface area (Å²) in [7, 11) is 1.90. The smallest absolute Gasteiger partial charge is 0.224 e. The molecule has 5 heteroatoms. The molecule has 0 aromatic carbocycles. The minimum absolute atomic E-state index is 0.0357. The van der Waals surface area contributed by atoms with E-state index in [1.165, 1.54) is 0 Å². The van der Waals surface area contributed by atoms with Crippen molar-refractivity contribution in [2.45, 2.75) is 71.6 Å². The second kappa shape index (κ2) is 5.13. The Hall–Kier alpha value is -1.36. The maximum Gasteiger partial charge on any atom is 0.224 e. The summed E-state index contributed by atoms with van der Waals surface area (Å²) in [5.74, 6) is 0.0357. The molecule has 1 saturated heterocycles. The van der Waals surface area contributed by atoms with Gasteiger partial charge in [0.25, 0.3) is 0 Å². The van der Waals surface area contributed by atoms with Crippen molar-refractivity contribution in [3.63, 3.8) is 0 Å². The van der Waals surface area contributed by atoms with Gasteiger partial charge in [-0.05, 0) is 48.0 Å². The van der Waals surface area contributed by atoms with Gasteiger partial charge in [-0.2, -0.15) is 5.10 Å². The summed E-state index contributed by atoms with van der Waals surface area (Å²) in [6.45, 7) is 12.1. The van der Waals surface area contributed by atoms with Gasteiger partial charge in [-0.15, -0.1) is 0 Å². The number of aromatic nitrogens is 2. The molecule has 0 bridgehead atoms. The van der Waals surface area contributed by atoms with Gasteiger partial charge in [0.1, 0.15) is 0 Å². The van der Waals surface area contributed by atoms with E-state index in [0.717, 1.165) is 23.4 Å². The van der Waals surface area contributed by atoms with Crippen LogP contribution >= 0.6 is 0 Å². The number of nitrogens with zero attached hydrogens (tertiary/aromatic N) is 2. The highest BCUT2D eigenvalue weighted by atomic mass is 16.5. The van der Waals surface area contributed by atoms with Crippen LogP contribution in [0.25, 0.3) is 0 Å². The minimum atomic E-state index is -0.335. The van der Waals surface area contributed by atoms with Crippen molar-refractivity contribution in [2.24, 2.45) is 7.05 Å². The Morgan fingerprint density at radius 1 is 1.38 bits per heavy atom. The highest BCUT2D eigenvalue weighted by Crippen LogP contribution is 2.37. The van der Waals surface area contributed by atoms with Crippen LogP contribution in [-0.4, -0.2) is 32.9 Å². The first-order valence-corrected chi connectivity index (χ1v) is 7.50. The Morgan fingerprint density at radius 2 is 2.00 bits per heavy atom. The van der Waals surface area contributed by atoms with Gasteiger partial charge >= 0.3 is 0 Å². The molecule has 1 aliphatic heterocycles. The molecule has 0 radical (unpaired) electrons. The van der Waals surface area contributed by atoms with Crippen molar-refractivity contribution in [3.05, 3.63) is 17.0 Å². The average Bonchev–Trinajstić information content (AvgIpc) is 2.65. The molecule has 1 amide bonds. The monoisotopic (exact) mass is 293 g/mol. The molecule has 2 rings (SSSR count). The zero-order valence-electron chi connectivity index (χ0n) is 14.2. The predicted molar refractivity (Wildman–Crippen MR) is 82.2 cm³/mol. The SMILES string of the molecule is Cc1nn(C)c(C)c1CC(=O)N[C@H]1CC(C)(C)OC1(C)C. The molecule has 1 atom stereocenters. The first-order chi connectivity index (χ1) is 9.52. The van der Waals surface area contributed by atoms with Crippen molar-refractivity contribution >= 4 is 5.91 Å². The number of carbonyl (C=O) groups excluding carboxylic acids is 1. The largest absolute Gasteiger partial charge is 0.367 e. The Labute approximate surface area is 127 Å². The Kier molecular flexibility index (Phi) is 3.91. The van der Waals surface area contributed by atoms with Crippen LogP contribution in [0.2, 0.25) is 0 Å². The van der Waals surface area contributed by atoms with Gasteiger partial charge in [0, 0.05) is 18.3 Å². The molecule has 2 heterocycles. The summed E-state index contributed by atoms with van der Waals surface area (Å²) < 4.78 is 7.84. The maximum atomic E-state index is 12.4. The highest BCUT2D eigenvalue weighted by Gasteiger charge is 2.46. The first-order valence-electron chi connectivity index (χ1n) is 7.50. The number of carbonyl (C=O) groups is 1. The van der Waals surface area contributed by atoms with Crippen molar-refractivity contribution in [3.8, 4) is 0 Å². The molecule has 1 aromatic rings. The van der Waals surface area contributed by atoms with E-state index in [1.807, 2.05) is 39.4 Å². The van der Waals surface area contributed by atoms with Gasteiger partial charge in [-0.25, -0.2) is 0 Å². The molecule has 1 N–H and O–H groups in total. The van der Waals surface area contributed by atoms with E-state index < -0.39 is 0 Å². The Balaban J connectivity index is 2.06. The Bertz CT molecular complexity index is 558. The van der Waals surface area contributed by atoms with E-state index in [0.29, 0.717) is 6.42 Å². The van der Waals surface area contributed by atoms with E-state index in [9.17, 15) is 4.79 Å². The lowest BCUT2D eigenvalue weighted by Crippen LogP contribution is -2.46. The van der Waals surface area contributed by atoms with Crippen LogP contribution in [-0.2, 0) is 23.0 Å². The summed E-state index contributed by atoms with van der Waals surface area (Å²) >= 11 is 0. The molecule has 21 heavy (non-hydrogen) atoms. The quantitative estimate of drug-likeness (QED) is 0.928. The normalized spacial score (nSPS) is 23.3. The van der Waals surface area contributed by atoms with Crippen LogP contribution in [0.1, 0.15) is 51.1 Å². The first kappa shape index (κ1) is 16.0. The van der Waals surface area contributed by atoms with Gasteiger partial charge in [-0.1, -0.05) is 0 Å². The second-order valence-corrected chi connectivity index (χ2v) is 7.24. The van der Waals surface area contributed by atoms with Gasteiger partial charge in [0.2, 0.25) is 5.91 Å². The lowest BCUT2D eigenvalue weighted by atomic mass is 9.94. The van der Waals surface area contributed by atoms with Crippen LogP contribution in [0.3, 0.4) is 0 Å². The molecule has 0 aliphatic carbocycles. The summed E-state index contributed by atoms with van der Waals surface area (Å²) in [5, 5.41) is 7.50. The molecule has 1 aliphatic rings. The third kappa shape index (κ3) is 3.28. The molecule has 1 fully saturated rings. The molecular weight excluding hydrogens is 266 g/mol. The fraction of sp³-hybridized carbons (Fsp3) is 0.750. The average molecular weight is 293 g/mol. The summed E-state index contributed by atoms with van der Waals surface area (Å²) in [6, 6.07) is 0.0392. The van der Waals surface area contributed by atoms with Crippen LogP contribution in [0.5, 0.6) is 0 Å². The van der Waals surface area contributed by atoms with Crippen LogP contribution in [0.15, 0.2) is 0 Å². The number of aryl methyl sites for hydroxylation is 2. The van der Waals surface area contributed by atoms with Crippen molar-refractivity contribution in [1.29, 1.82) is 0 Å². The molecule has 0 spiro atoms. The van der Waals surface area contributed by atoms with Crippen LogP contribution in [0, 0.1) is 13.8 Å². The number of ether oxygens (including phenoxy) is 1. The lowest BCUT2D eigenvalue weighted by molar-refractivity contribution is -0.123. The summed E-state index contributed by atoms with van der Waals surface area (Å²) in [5.41, 5.74) is 2.46. The zero-order chi connectivity index (χ0) is 16.0. The molecule has 118 valence electrons. The van der Waals surface area contributed by atoms with Gasteiger partial charge in [0.05, 0.1) is 29.4 Å². The molecular formula is C16H27N3O2. The van der Waals surface area contributed by atoms with E-state index in [4.69, 9.17) is 4.74 Å². The number of rotatable bonds is 3. The molecule has 0 saturated carbocycles. The molecule has 5 nitrogen and oxygen atoms in total. The van der Waals surface area contributed by atoms with E-state index in [-0.39, 0.29) is 23.2 Å². The van der Waals surface area contributed by atoms with Crippen molar-refractivity contribution in [1.82, 2.24) is 15.1 Å². The summed E-state index contributed by atoms with van der Waals surface area (Å²) in [6.07, 6.45) is 1.20. The standard InChI is InChI=1S/C16H27N3O2/c1-10-12(11(2)19(7)18-10)8-14(20)17-13-9-15(3,4)21-16(13,5)6/h13H,8-9H2,1-7H3,(H,17,20)/t13-/m0/s1. The van der Waals surface area contributed by atoms with E-state index in [2.05, 4.69) is 24.3 Å². The van der Waals surface area contributed by atoms with Crippen molar-refractivity contribution in [2.75, 3.05) is 0 Å². The highest BCUT2D eigenvalue weighted by molar-refractivity contribution is 5.79.